The van der Waals surface area contributed by atoms with Crippen molar-refractivity contribution < 1.29 is 9.18 Å². The topological polar surface area (TPSA) is 23.6 Å². The summed E-state index contributed by atoms with van der Waals surface area (Å²) in [4.78, 5) is 15.4. The summed E-state index contributed by atoms with van der Waals surface area (Å²) < 4.78 is 13.5. The molecule has 1 atom stereocenters. The van der Waals surface area contributed by atoms with Gasteiger partial charge in [0, 0.05) is 30.4 Å². The van der Waals surface area contributed by atoms with Gasteiger partial charge in [0.1, 0.15) is 12.1 Å². The zero-order valence-electron chi connectivity index (χ0n) is 11.6. The van der Waals surface area contributed by atoms with Crippen molar-refractivity contribution in [3.8, 4) is 0 Å². The van der Waals surface area contributed by atoms with Crippen molar-refractivity contribution in [1.82, 2.24) is 4.90 Å². The lowest BCUT2D eigenvalue weighted by Gasteiger charge is -2.26. The summed E-state index contributed by atoms with van der Waals surface area (Å²) in [5.41, 5.74) is 1.22. The van der Waals surface area contributed by atoms with Crippen LogP contribution in [0.5, 0.6) is 0 Å². The van der Waals surface area contributed by atoms with Crippen LogP contribution in [0.25, 0.3) is 0 Å². The molecule has 1 aliphatic heterocycles. The molecule has 0 amide bonds. The number of likely N-dealkylation sites (N-methyl/N-ethyl adjacent to an activating group) is 1. The van der Waals surface area contributed by atoms with Crippen LogP contribution in [0, 0.1) is 5.82 Å². The van der Waals surface area contributed by atoms with Gasteiger partial charge in [-0.1, -0.05) is 13.8 Å². The standard InChI is InChI=1S/C15H21FN2O/c1-3-17(4-2)14-5-6-18(10-14)15-8-12(11-19)7-13(16)9-15/h7-9,11,14H,3-6,10H2,1-2H3. The number of hydrogen-bond acceptors (Lipinski definition) is 3. The number of carbonyl (C=O) groups is 1. The van der Waals surface area contributed by atoms with Gasteiger partial charge in [0.25, 0.3) is 0 Å². The fourth-order valence-electron chi connectivity index (χ4n) is 2.86. The minimum absolute atomic E-state index is 0.342. The smallest absolute Gasteiger partial charge is 0.150 e. The number of anilines is 1. The summed E-state index contributed by atoms with van der Waals surface area (Å²) >= 11 is 0. The van der Waals surface area contributed by atoms with Gasteiger partial charge in [-0.2, -0.15) is 0 Å². The first-order chi connectivity index (χ1) is 9.17. The highest BCUT2D eigenvalue weighted by Crippen LogP contribution is 2.24. The van der Waals surface area contributed by atoms with Crippen LogP contribution in [-0.2, 0) is 0 Å². The molecule has 0 saturated carbocycles. The van der Waals surface area contributed by atoms with Gasteiger partial charge >= 0.3 is 0 Å². The van der Waals surface area contributed by atoms with Crippen LogP contribution in [0.2, 0.25) is 0 Å². The van der Waals surface area contributed by atoms with E-state index in [0.717, 1.165) is 38.3 Å². The summed E-state index contributed by atoms with van der Waals surface area (Å²) in [6.07, 6.45) is 1.79. The minimum atomic E-state index is -0.342. The number of carbonyl (C=O) groups excluding carboxylic acids is 1. The van der Waals surface area contributed by atoms with E-state index in [-0.39, 0.29) is 5.82 Å². The maximum absolute atomic E-state index is 13.5. The van der Waals surface area contributed by atoms with E-state index < -0.39 is 0 Å². The van der Waals surface area contributed by atoms with Crippen molar-refractivity contribution in [3.63, 3.8) is 0 Å². The zero-order chi connectivity index (χ0) is 13.8. The summed E-state index contributed by atoms with van der Waals surface area (Å²) in [7, 11) is 0. The molecule has 0 aliphatic carbocycles. The van der Waals surface area contributed by atoms with Gasteiger partial charge in [-0.3, -0.25) is 9.69 Å². The van der Waals surface area contributed by atoms with Crippen LogP contribution in [0.15, 0.2) is 18.2 Å². The maximum atomic E-state index is 13.5. The molecule has 0 spiro atoms. The Bertz CT molecular complexity index is 446. The van der Waals surface area contributed by atoms with Gasteiger partial charge < -0.3 is 4.90 Å². The minimum Gasteiger partial charge on any atom is -0.370 e. The summed E-state index contributed by atoms with van der Waals surface area (Å²) in [5.74, 6) is -0.342. The lowest BCUT2D eigenvalue weighted by molar-refractivity contribution is 0.112. The first kappa shape index (κ1) is 14.0. The molecule has 1 saturated heterocycles. The molecule has 0 bridgehead atoms. The molecule has 1 unspecified atom stereocenters. The van der Waals surface area contributed by atoms with Gasteiger partial charge in [0.05, 0.1) is 0 Å². The number of hydrogen-bond donors (Lipinski definition) is 0. The predicted octanol–water partition coefficient (Wildman–Crippen LogP) is 2.56. The van der Waals surface area contributed by atoms with Crippen LogP contribution < -0.4 is 4.90 Å². The second kappa shape index (κ2) is 6.15. The van der Waals surface area contributed by atoms with E-state index >= 15 is 0 Å². The highest BCUT2D eigenvalue weighted by atomic mass is 19.1. The van der Waals surface area contributed by atoms with Gasteiger partial charge in [0.2, 0.25) is 0 Å². The second-order valence-corrected chi connectivity index (χ2v) is 4.97. The predicted molar refractivity (Wildman–Crippen MR) is 75.3 cm³/mol. The summed E-state index contributed by atoms with van der Waals surface area (Å²) in [5, 5.41) is 0. The fraction of sp³-hybridized carbons (Fsp3) is 0.533. The second-order valence-electron chi connectivity index (χ2n) is 4.97. The quantitative estimate of drug-likeness (QED) is 0.764. The van der Waals surface area contributed by atoms with Crippen molar-refractivity contribution in [2.75, 3.05) is 31.1 Å². The van der Waals surface area contributed by atoms with Gasteiger partial charge in [-0.15, -0.1) is 0 Å². The Hall–Kier alpha value is -1.42. The van der Waals surface area contributed by atoms with E-state index in [4.69, 9.17) is 0 Å². The lowest BCUT2D eigenvalue weighted by Crippen LogP contribution is -2.37. The number of nitrogens with zero attached hydrogens (tertiary/aromatic N) is 2. The Balaban J connectivity index is 2.12. The molecule has 4 heteroatoms. The third-order valence-corrected chi connectivity index (χ3v) is 3.90. The number of rotatable bonds is 5. The van der Waals surface area contributed by atoms with Crippen molar-refractivity contribution in [2.24, 2.45) is 0 Å². The Morgan fingerprint density at radius 3 is 2.74 bits per heavy atom. The van der Waals surface area contributed by atoms with Crippen LogP contribution in [-0.4, -0.2) is 43.4 Å². The van der Waals surface area contributed by atoms with Crippen molar-refractivity contribution in [1.29, 1.82) is 0 Å². The highest BCUT2D eigenvalue weighted by Gasteiger charge is 2.26. The summed E-state index contributed by atoms with van der Waals surface area (Å²) in [6, 6.07) is 5.07. The molecule has 2 rings (SSSR count). The number of benzene rings is 1. The van der Waals surface area contributed by atoms with Gasteiger partial charge in [-0.05, 0) is 37.7 Å². The lowest BCUT2D eigenvalue weighted by atomic mass is 10.2. The van der Waals surface area contributed by atoms with Crippen LogP contribution >= 0.6 is 0 Å². The molecular weight excluding hydrogens is 243 g/mol. The molecule has 1 heterocycles. The average molecular weight is 264 g/mol. The molecule has 3 nitrogen and oxygen atoms in total. The molecular formula is C15H21FN2O. The fourth-order valence-corrected chi connectivity index (χ4v) is 2.86. The van der Waals surface area contributed by atoms with Crippen LogP contribution in [0.3, 0.4) is 0 Å². The first-order valence-corrected chi connectivity index (χ1v) is 6.92. The van der Waals surface area contributed by atoms with E-state index in [1.54, 1.807) is 6.07 Å². The summed E-state index contributed by atoms with van der Waals surface area (Å²) in [6.45, 7) is 8.24. The van der Waals surface area contributed by atoms with Crippen molar-refractivity contribution in [2.45, 2.75) is 26.3 Å². The first-order valence-electron chi connectivity index (χ1n) is 6.92. The molecule has 1 fully saturated rings. The molecule has 1 aromatic rings. The average Bonchev–Trinajstić information content (AvgIpc) is 2.89. The van der Waals surface area contributed by atoms with Crippen molar-refractivity contribution in [3.05, 3.63) is 29.6 Å². The molecule has 0 aromatic heterocycles. The van der Waals surface area contributed by atoms with E-state index in [2.05, 4.69) is 23.6 Å². The largest absolute Gasteiger partial charge is 0.370 e. The molecule has 1 aromatic carbocycles. The molecule has 1 aliphatic rings. The van der Waals surface area contributed by atoms with E-state index in [1.165, 1.54) is 12.1 Å². The zero-order valence-corrected chi connectivity index (χ0v) is 11.6. The van der Waals surface area contributed by atoms with Crippen molar-refractivity contribution >= 4 is 12.0 Å². The normalized spacial score (nSPS) is 19.2. The molecule has 19 heavy (non-hydrogen) atoms. The van der Waals surface area contributed by atoms with Gasteiger partial charge in [-0.25, -0.2) is 4.39 Å². The molecule has 0 N–H and O–H groups in total. The molecule has 0 radical (unpaired) electrons. The van der Waals surface area contributed by atoms with E-state index in [0.29, 0.717) is 17.9 Å². The Kier molecular flexibility index (Phi) is 4.53. The van der Waals surface area contributed by atoms with Crippen LogP contribution in [0.4, 0.5) is 10.1 Å². The third kappa shape index (κ3) is 3.13. The Morgan fingerprint density at radius 2 is 2.11 bits per heavy atom. The maximum Gasteiger partial charge on any atom is 0.150 e. The SMILES string of the molecule is CCN(CC)C1CCN(c2cc(F)cc(C=O)c2)C1. The monoisotopic (exact) mass is 264 g/mol. The third-order valence-electron chi connectivity index (χ3n) is 3.90. The Morgan fingerprint density at radius 1 is 1.37 bits per heavy atom. The number of halogens is 1. The molecule has 104 valence electrons. The van der Waals surface area contributed by atoms with E-state index in [1.807, 2.05) is 0 Å². The van der Waals surface area contributed by atoms with E-state index in [9.17, 15) is 9.18 Å². The highest BCUT2D eigenvalue weighted by molar-refractivity contribution is 5.77. The Labute approximate surface area is 114 Å². The van der Waals surface area contributed by atoms with Crippen LogP contribution in [0.1, 0.15) is 30.6 Å². The number of aldehydes is 1. The van der Waals surface area contributed by atoms with Gasteiger partial charge in [0.15, 0.2) is 0 Å².